The van der Waals surface area contributed by atoms with Gasteiger partial charge in [-0.15, -0.1) is 0 Å². The molecule has 138 valence electrons. The van der Waals surface area contributed by atoms with E-state index in [1.807, 2.05) is 17.0 Å². The summed E-state index contributed by atoms with van der Waals surface area (Å²) in [5, 5.41) is 3.67. The van der Waals surface area contributed by atoms with Gasteiger partial charge in [-0.1, -0.05) is 11.6 Å². The van der Waals surface area contributed by atoms with Crippen molar-refractivity contribution in [2.24, 2.45) is 0 Å². The number of ether oxygens (including phenoxy) is 1. The minimum atomic E-state index is 0.0424. The van der Waals surface area contributed by atoms with Gasteiger partial charge in [-0.3, -0.25) is 0 Å². The maximum absolute atomic E-state index is 12.2. The average molecular weight is 367 g/mol. The van der Waals surface area contributed by atoms with Crippen molar-refractivity contribution in [3.63, 3.8) is 0 Å². The maximum Gasteiger partial charge on any atom is 0.317 e. The number of anilines is 1. The number of urea groups is 1. The van der Waals surface area contributed by atoms with Crippen molar-refractivity contribution >= 4 is 23.4 Å². The van der Waals surface area contributed by atoms with E-state index >= 15 is 0 Å². The van der Waals surface area contributed by atoms with Crippen molar-refractivity contribution < 1.29 is 9.53 Å². The van der Waals surface area contributed by atoms with Crippen molar-refractivity contribution in [1.29, 1.82) is 0 Å². The van der Waals surface area contributed by atoms with Crippen LogP contribution in [0.5, 0.6) is 0 Å². The highest BCUT2D eigenvalue weighted by Gasteiger charge is 2.21. The van der Waals surface area contributed by atoms with Gasteiger partial charge < -0.3 is 19.9 Å². The van der Waals surface area contributed by atoms with Gasteiger partial charge >= 0.3 is 6.03 Å². The summed E-state index contributed by atoms with van der Waals surface area (Å²) in [5.74, 6) is 0.915. The number of rotatable bonds is 6. The molecule has 0 bridgehead atoms. The van der Waals surface area contributed by atoms with Gasteiger partial charge in [-0.25, -0.2) is 9.78 Å². The number of nitrogens with zero attached hydrogens (tertiary/aromatic N) is 3. The van der Waals surface area contributed by atoms with Crippen LogP contribution in [0.4, 0.5) is 10.6 Å². The molecule has 0 aliphatic carbocycles. The molecular formula is C18H27ClN4O2. The lowest BCUT2D eigenvalue weighted by atomic mass is 10.1. The molecule has 0 aromatic carbocycles. The molecule has 2 aliphatic heterocycles. The number of amides is 2. The summed E-state index contributed by atoms with van der Waals surface area (Å²) in [6.07, 6.45) is 7.74. The number of pyridine rings is 1. The van der Waals surface area contributed by atoms with Gasteiger partial charge in [0.05, 0.1) is 11.1 Å². The molecule has 25 heavy (non-hydrogen) atoms. The fourth-order valence-electron chi connectivity index (χ4n) is 3.37. The first kappa shape index (κ1) is 18.3. The number of hydrogen-bond donors (Lipinski definition) is 1. The third-order valence-electron chi connectivity index (χ3n) is 4.86. The van der Waals surface area contributed by atoms with E-state index in [-0.39, 0.29) is 6.03 Å². The number of carbonyl (C=O) groups is 1. The largest absolute Gasteiger partial charge is 0.378 e. The fourth-order valence-corrected chi connectivity index (χ4v) is 3.48. The molecule has 0 unspecified atom stereocenters. The number of hydrogen-bond acceptors (Lipinski definition) is 4. The van der Waals surface area contributed by atoms with E-state index in [0.717, 1.165) is 51.3 Å². The van der Waals surface area contributed by atoms with Crippen molar-refractivity contribution in [3.05, 3.63) is 23.4 Å². The number of aromatic nitrogens is 1. The van der Waals surface area contributed by atoms with Gasteiger partial charge in [0.15, 0.2) is 0 Å². The second-order valence-corrected chi connectivity index (χ2v) is 7.11. The molecule has 0 spiro atoms. The van der Waals surface area contributed by atoms with Crippen LogP contribution in [0, 0.1) is 0 Å². The Hall–Kier alpha value is -1.53. The van der Waals surface area contributed by atoms with Gasteiger partial charge in [-0.05, 0) is 44.2 Å². The third-order valence-corrected chi connectivity index (χ3v) is 5.08. The Morgan fingerprint density at radius 3 is 2.80 bits per heavy atom. The van der Waals surface area contributed by atoms with Crippen molar-refractivity contribution in [3.8, 4) is 0 Å². The van der Waals surface area contributed by atoms with Crippen molar-refractivity contribution in [1.82, 2.24) is 15.2 Å². The Balaban J connectivity index is 1.30. The predicted molar refractivity (Wildman–Crippen MR) is 99.3 cm³/mol. The summed E-state index contributed by atoms with van der Waals surface area (Å²) < 4.78 is 5.62. The van der Waals surface area contributed by atoms with E-state index < -0.39 is 0 Å². The molecule has 2 amide bonds. The third kappa shape index (κ3) is 5.47. The molecule has 3 rings (SSSR count). The highest BCUT2D eigenvalue weighted by atomic mass is 35.5. The van der Waals surface area contributed by atoms with Gasteiger partial charge in [-0.2, -0.15) is 0 Å². The molecule has 1 aromatic heterocycles. The number of unbranched alkanes of at least 4 members (excludes halogenated alkanes) is 1. The first-order chi connectivity index (χ1) is 12.2. The molecule has 1 N–H and O–H groups in total. The SMILES string of the molecule is O=C(NCCCC[C@H]1CCCO1)N1CCN(c2ccc(Cl)cn2)CC1. The summed E-state index contributed by atoms with van der Waals surface area (Å²) >= 11 is 5.87. The van der Waals surface area contributed by atoms with E-state index in [1.54, 1.807) is 6.20 Å². The van der Waals surface area contributed by atoms with Crippen molar-refractivity contribution in [2.45, 2.75) is 38.2 Å². The van der Waals surface area contributed by atoms with Crippen molar-refractivity contribution in [2.75, 3.05) is 44.2 Å². The molecule has 0 radical (unpaired) electrons. The quantitative estimate of drug-likeness (QED) is 0.786. The van der Waals surface area contributed by atoms with Crippen LogP contribution in [0.2, 0.25) is 5.02 Å². The zero-order valence-corrected chi connectivity index (χ0v) is 15.4. The van der Waals surface area contributed by atoms with E-state index in [9.17, 15) is 4.79 Å². The van der Waals surface area contributed by atoms with E-state index in [4.69, 9.17) is 16.3 Å². The summed E-state index contributed by atoms with van der Waals surface area (Å²) in [5.41, 5.74) is 0. The Bertz CT molecular complexity index is 541. The summed E-state index contributed by atoms with van der Waals surface area (Å²) in [4.78, 5) is 20.6. The van der Waals surface area contributed by atoms with E-state index in [0.29, 0.717) is 24.2 Å². The van der Waals surface area contributed by atoms with Crippen LogP contribution in [0.25, 0.3) is 0 Å². The maximum atomic E-state index is 12.2. The lowest BCUT2D eigenvalue weighted by Crippen LogP contribution is -2.52. The minimum absolute atomic E-state index is 0.0424. The van der Waals surface area contributed by atoms with Gasteiger partial charge in [0.25, 0.3) is 0 Å². The Kier molecular flexibility index (Phi) is 6.76. The summed E-state index contributed by atoms with van der Waals surface area (Å²) in [6, 6.07) is 3.81. The molecule has 1 atom stereocenters. The number of halogens is 1. The molecule has 2 fully saturated rings. The predicted octanol–water partition coefficient (Wildman–Crippen LogP) is 2.92. The van der Waals surface area contributed by atoms with Gasteiger partial charge in [0, 0.05) is 45.5 Å². The highest BCUT2D eigenvalue weighted by Crippen LogP contribution is 2.18. The first-order valence-corrected chi connectivity index (χ1v) is 9.61. The zero-order valence-electron chi connectivity index (χ0n) is 14.6. The standard InChI is InChI=1S/C18H27ClN4O2/c19-15-6-7-17(21-14-15)22-9-11-23(12-10-22)18(24)20-8-2-1-4-16-5-3-13-25-16/h6-7,14,16H,1-5,8-13H2,(H,20,24)/t16-/m0/s1. The van der Waals surface area contributed by atoms with Crippen LogP contribution in [-0.4, -0.2) is 61.3 Å². The average Bonchev–Trinajstić information content (AvgIpc) is 3.15. The lowest BCUT2D eigenvalue weighted by Gasteiger charge is -2.35. The van der Waals surface area contributed by atoms with Crippen LogP contribution >= 0.6 is 11.6 Å². The number of carbonyl (C=O) groups excluding carboxylic acids is 1. The van der Waals surface area contributed by atoms with Crippen LogP contribution in [0.15, 0.2) is 18.3 Å². The van der Waals surface area contributed by atoms with E-state index in [2.05, 4.69) is 15.2 Å². The molecule has 1 aromatic rings. The lowest BCUT2D eigenvalue weighted by molar-refractivity contribution is 0.102. The zero-order chi connectivity index (χ0) is 17.5. The molecule has 2 aliphatic rings. The smallest absolute Gasteiger partial charge is 0.317 e. The fraction of sp³-hybridized carbons (Fsp3) is 0.667. The molecule has 3 heterocycles. The normalized spacial score (nSPS) is 20.8. The summed E-state index contributed by atoms with van der Waals surface area (Å²) in [6.45, 7) is 4.67. The van der Waals surface area contributed by atoms with Gasteiger partial charge in [0.1, 0.15) is 5.82 Å². The molecule has 7 heteroatoms. The molecule has 6 nitrogen and oxygen atoms in total. The Morgan fingerprint density at radius 1 is 1.28 bits per heavy atom. The Morgan fingerprint density at radius 2 is 2.12 bits per heavy atom. The minimum Gasteiger partial charge on any atom is -0.378 e. The topological polar surface area (TPSA) is 57.7 Å². The van der Waals surface area contributed by atoms with E-state index in [1.165, 1.54) is 12.8 Å². The second-order valence-electron chi connectivity index (χ2n) is 6.67. The molecular weight excluding hydrogens is 340 g/mol. The molecule has 0 saturated carbocycles. The molecule has 2 saturated heterocycles. The highest BCUT2D eigenvalue weighted by molar-refractivity contribution is 6.30. The van der Waals surface area contributed by atoms with Crippen LogP contribution in [0.3, 0.4) is 0 Å². The Labute approximate surface area is 154 Å². The number of nitrogens with one attached hydrogen (secondary N) is 1. The second kappa shape index (κ2) is 9.25. The first-order valence-electron chi connectivity index (χ1n) is 9.23. The summed E-state index contributed by atoms with van der Waals surface area (Å²) in [7, 11) is 0. The number of piperazine rings is 1. The van der Waals surface area contributed by atoms with Crippen LogP contribution < -0.4 is 10.2 Å². The van der Waals surface area contributed by atoms with Crippen LogP contribution in [0.1, 0.15) is 32.1 Å². The van der Waals surface area contributed by atoms with Crippen LogP contribution in [-0.2, 0) is 4.74 Å². The van der Waals surface area contributed by atoms with Gasteiger partial charge in [0.2, 0.25) is 0 Å². The monoisotopic (exact) mass is 366 g/mol.